The van der Waals surface area contributed by atoms with E-state index in [1.807, 2.05) is 0 Å². The summed E-state index contributed by atoms with van der Waals surface area (Å²) in [7, 11) is 0. The van der Waals surface area contributed by atoms with Crippen LogP contribution in [0.1, 0.15) is 6.92 Å². The molecular weight excluding hydrogens is 138 g/mol. The monoisotopic (exact) mass is 145 g/mol. The molecule has 0 saturated carbocycles. The molecule has 0 unspecified atom stereocenters. The van der Waals surface area contributed by atoms with Gasteiger partial charge in [-0.2, -0.15) is 0 Å². The number of carboxylic acids is 1. The van der Waals surface area contributed by atoms with Crippen molar-refractivity contribution in [2.75, 3.05) is 0 Å². The molecule has 5 nitrogen and oxygen atoms in total. The van der Waals surface area contributed by atoms with Gasteiger partial charge in [-0.1, -0.05) is 0 Å². The zero-order valence-electron chi connectivity index (χ0n) is 5.33. The van der Waals surface area contributed by atoms with E-state index in [9.17, 15) is 9.59 Å². The Morgan fingerprint density at radius 1 is 1.80 bits per heavy atom. The van der Waals surface area contributed by atoms with Crippen LogP contribution in [0.15, 0.2) is 0 Å². The van der Waals surface area contributed by atoms with Crippen molar-refractivity contribution in [3.63, 3.8) is 0 Å². The largest absolute Gasteiger partial charge is 0.478 e. The van der Waals surface area contributed by atoms with Gasteiger partial charge in [0.15, 0.2) is 0 Å². The summed E-state index contributed by atoms with van der Waals surface area (Å²) in [6, 6.07) is -0.440. The molecule has 10 heavy (non-hydrogen) atoms. The number of carbonyl (C=O) groups is 2. The maximum atomic E-state index is 10.4. The minimum absolute atomic E-state index is 0.440. The summed E-state index contributed by atoms with van der Waals surface area (Å²) in [4.78, 5) is 20.6. The molecule has 1 heterocycles. The van der Waals surface area contributed by atoms with E-state index in [0.717, 1.165) is 0 Å². The van der Waals surface area contributed by atoms with Gasteiger partial charge in [0.2, 0.25) is 6.10 Å². The second-order valence-corrected chi connectivity index (χ2v) is 2.10. The van der Waals surface area contributed by atoms with Gasteiger partial charge in [0.25, 0.3) is 0 Å². The van der Waals surface area contributed by atoms with Gasteiger partial charge >= 0.3 is 12.1 Å². The normalized spacial score (nSPS) is 31.1. The van der Waals surface area contributed by atoms with Gasteiger partial charge in [-0.3, -0.25) is 0 Å². The lowest BCUT2D eigenvalue weighted by atomic mass is 10.2. The molecule has 1 amide bonds. The van der Waals surface area contributed by atoms with Crippen LogP contribution in [0, 0.1) is 0 Å². The average Bonchev–Trinajstić information content (AvgIpc) is 2.10. The van der Waals surface area contributed by atoms with Gasteiger partial charge in [-0.15, -0.1) is 0 Å². The van der Waals surface area contributed by atoms with Crippen molar-refractivity contribution in [2.45, 2.75) is 19.1 Å². The Labute approximate surface area is 57.0 Å². The summed E-state index contributed by atoms with van der Waals surface area (Å²) < 4.78 is 4.39. The Bertz CT molecular complexity index is 178. The molecule has 1 saturated heterocycles. The van der Waals surface area contributed by atoms with Crippen LogP contribution in [-0.4, -0.2) is 29.3 Å². The van der Waals surface area contributed by atoms with E-state index in [-0.39, 0.29) is 0 Å². The summed E-state index contributed by atoms with van der Waals surface area (Å²) in [5, 5.41) is 10.7. The highest BCUT2D eigenvalue weighted by Gasteiger charge is 2.36. The molecule has 0 aromatic rings. The van der Waals surface area contributed by atoms with E-state index in [2.05, 4.69) is 10.1 Å². The molecule has 2 N–H and O–H groups in total. The zero-order valence-corrected chi connectivity index (χ0v) is 5.33. The smallest absolute Gasteiger partial charge is 0.408 e. The van der Waals surface area contributed by atoms with Gasteiger partial charge in [0.1, 0.15) is 0 Å². The minimum atomic E-state index is -1.12. The Kier molecular flexibility index (Phi) is 1.48. The van der Waals surface area contributed by atoms with Crippen LogP contribution < -0.4 is 5.32 Å². The topological polar surface area (TPSA) is 75.6 Å². The molecule has 0 aromatic carbocycles. The number of carboxylic acid groups (broad SMARTS) is 1. The quantitative estimate of drug-likeness (QED) is 0.524. The molecule has 1 aliphatic heterocycles. The zero-order chi connectivity index (χ0) is 7.72. The second-order valence-electron chi connectivity index (χ2n) is 2.10. The highest BCUT2D eigenvalue weighted by molar-refractivity contribution is 5.81. The standard InChI is InChI=1S/C5H7NO4/c1-2-3(4(7)8)10-5(9)6-2/h2-3H,1H3,(H,6,9)(H,7,8)/t2-,3+/m0/s1. The van der Waals surface area contributed by atoms with E-state index >= 15 is 0 Å². The van der Waals surface area contributed by atoms with Crippen molar-refractivity contribution in [3.8, 4) is 0 Å². The third-order valence-corrected chi connectivity index (χ3v) is 1.28. The lowest BCUT2D eigenvalue weighted by Crippen LogP contribution is -2.33. The molecule has 0 radical (unpaired) electrons. The maximum Gasteiger partial charge on any atom is 0.408 e. The van der Waals surface area contributed by atoms with Crippen molar-refractivity contribution in [2.24, 2.45) is 0 Å². The Balaban J connectivity index is 2.63. The van der Waals surface area contributed by atoms with Crippen molar-refractivity contribution in [1.29, 1.82) is 0 Å². The fraction of sp³-hybridized carbons (Fsp3) is 0.600. The van der Waals surface area contributed by atoms with Crippen LogP contribution >= 0.6 is 0 Å². The number of hydrogen-bond donors (Lipinski definition) is 2. The SMILES string of the molecule is C[C@@H]1NC(=O)O[C@H]1C(=O)O. The number of amides is 1. The fourth-order valence-electron chi connectivity index (χ4n) is 0.777. The van der Waals surface area contributed by atoms with Crippen LogP contribution in [-0.2, 0) is 9.53 Å². The van der Waals surface area contributed by atoms with Crippen molar-refractivity contribution in [1.82, 2.24) is 5.32 Å². The molecule has 1 rings (SSSR count). The van der Waals surface area contributed by atoms with E-state index in [0.29, 0.717) is 0 Å². The summed E-state index contributed by atoms with van der Waals surface area (Å²) in [6.07, 6.45) is -1.70. The number of ether oxygens (including phenoxy) is 1. The van der Waals surface area contributed by atoms with Crippen LogP contribution in [0.3, 0.4) is 0 Å². The average molecular weight is 145 g/mol. The fourth-order valence-corrected chi connectivity index (χ4v) is 0.777. The number of aliphatic carboxylic acids is 1. The summed E-state index contributed by atoms with van der Waals surface area (Å²) in [5.41, 5.74) is 0. The molecule has 0 aliphatic carbocycles. The summed E-state index contributed by atoms with van der Waals surface area (Å²) >= 11 is 0. The van der Waals surface area contributed by atoms with Gasteiger partial charge in [0.05, 0.1) is 6.04 Å². The predicted molar refractivity (Wildman–Crippen MR) is 30.5 cm³/mol. The van der Waals surface area contributed by atoms with E-state index < -0.39 is 24.2 Å². The van der Waals surface area contributed by atoms with Crippen molar-refractivity contribution < 1.29 is 19.4 Å². The van der Waals surface area contributed by atoms with Crippen LogP contribution in [0.25, 0.3) is 0 Å². The molecule has 0 bridgehead atoms. The minimum Gasteiger partial charge on any atom is -0.478 e. The molecule has 0 spiro atoms. The van der Waals surface area contributed by atoms with E-state index in [1.165, 1.54) is 0 Å². The van der Waals surface area contributed by atoms with Gasteiger partial charge in [0, 0.05) is 0 Å². The van der Waals surface area contributed by atoms with E-state index in [1.54, 1.807) is 6.92 Å². The second kappa shape index (κ2) is 2.17. The number of rotatable bonds is 1. The summed E-state index contributed by atoms with van der Waals surface area (Å²) in [5.74, 6) is -1.12. The van der Waals surface area contributed by atoms with Gasteiger partial charge in [-0.25, -0.2) is 9.59 Å². The van der Waals surface area contributed by atoms with E-state index in [4.69, 9.17) is 5.11 Å². The van der Waals surface area contributed by atoms with Crippen molar-refractivity contribution in [3.05, 3.63) is 0 Å². The number of nitrogens with one attached hydrogen (secondary N) is 1. The van der Waals surface area contributed by atoms with Crippen LogP contribution in [0.5, 0.6) is 0 Å². The lowest BCUT2D eigenvalue weighted by Gasteiger charge is -2.04. The first-order valence-corrected chi connectivity index (χ1v) is 2.81. The Morgan fingerprint density at radius 3 is 2.60 bits per heavy atom. The number of carbonyl (C=O) groups excluding carboxylic acids is 1. The third kappa shape index (κ3) is 1.02. The molecule has 5 heteroatoms. The highest BCUT2D eigenvalue weighted by Crippen LogP contribution is 2.07. The lowest BCUT2D eigenvalue weighted by molar-refractivity contribution is -0.145. The van der Waals surface area contributed by atoms with Crippen molar-refractivity contribution >= 4 is 12.1 Å². The number of cyclic esters (lactones) is 1. The molecule has 0 aromatic heterocycles. The first-order chi connectivity index (χ1) is 4.61. The van der Waals surface area contributed by atoms with Gasteiger partial charge in [-0.05, 0) is 6.92 Å². The molecule has 2 atom stereocenters. The van der Waals surface area contributed by atoms with Gasteiger partial charge < -0.3 is 15.2 Å². The number of hydrogen-bond acceptors (Lipinski definition) is 3. The third-order valence-electron chi connectivity index (χ3n) is 1.28. The van der Waals surface area contributed by atoms with Crippen LogP contribution in [0.4, 0.5) is 4.79 Å². The first-order valence-electron chi connectivity index (χ1n) is 2.81. The summed E-state index contributed by atoms with van der Waals surface area (Å²) in [6.45, 7) is 1.57. The molecular formula is C5H7NO4. The Hall–Kier alpha value is -1.26. The molecule has 1 aliphatic rings. The van der Waals surface area contributed by atoms with Crippen LogP contribution in [0.2, 0.25) is 0 Å². The molecule has 1 fully saturated rings. The number of alkyl carbamates (subject to hydrolysis) is 1. The predicted octanol–water partition coefficient (Wildman–Crippen LogP) is -0.432. The maximum absolute atomic E-state index is 10.4. The highest BCUT2D eigenvalue weighted by atomic mass is 16.6. The Morgan fingerprint density at radius 2 is 2.40 bits per heavy atom. The first kappa shape index (κ1) is 6.85. The molecule has 56 valence electrons.